The smallest absolute Gasteiger partial charge is 0.232 e. The predicted molar refractivity (Wildman–Crippen MR) is 105 cm³/mol. The van der Waals surface area contributed by atoms with Gasteiger partial charge < -0.3 is 14.9 Å². The molecule has 2 aromatic heterocycles. The standard InChI is InChI=1S/C22H18N2O3/c1-13-9-10-24-12-18(13)21(25)22-20(23)17-8-5-15(11-19(17)27-22)14-3-6-16(26-2)7-4-14/h3-12H,23H2,1-2H3. The molecule has 0 aliphatic heterocycles. The lowest BCUT2D eigenvalue weighted by atomic mass is 10.0. The zero-order chi connectivity index (χ0) is 19.0. The van der Waals surface area contributed by atoms with Gasteiger partial charge in [-0.2, -0.15) is 0 Å². The van der Waals surface area contributed by atoms with Crippen molar-refractivity contribution in [2.75, 3.05) is 12.8 Å². The molecule has 2 aromatic carbocycles. The summed E-state index contributed by atoms with van der Waals surface area (Å²) in [7, 11) is 1.63. The van der Waals surface area contributed by atoms with Gasteiger partial charge in [-0.15, -0.1) is 0 Å². The summed E-state index contributed by atoms with van der Waals surface area (Å²) in [6.07, 6.45) is 3.18. The minimum Gasteiger partial charge on any atom is -0.497 e. The number of hydrogen-bond donors (Lipinski definition) is 1. The molecule has 0 saturated heterocycles. The molecule has 134 valence electrons. The molecule has 27 heavy (non-hydrogen) atoms. The average molecular weight is 358 g/mol. The number of anilines is 1. The van der Waals surface area contributed by atoms with E-state index in [1.54, 1.807) is 19.4 Å². The van der Waals surface area contributed by atoms with Gasteiger partial charge in [0, 0.05) is 23.3 Å². The van der Waals surface area contributed by atoms with Crippen LogP contribution in [0.4, 0.5) is 5.69 Å². The van der Waals surface area contributed by atoms with Gasteiger partial charge in [0.1, 0.15) is 11.3 Å². The van der Waals surface area contributed by atoms with Gasteiger partial charge in [-0.25, -0.2) is 0 Å². The van der Waals surface area contributed by atoms with Crippen LogP contribution in [0.15, 0.2) is 65.3 Å². The number of hydrogen-bond acceptors (Lipinski definition) is 5. The first kappa shape index (κ1) is 16.8. The summed E-state index contributed by atoms with van der Waals surface area (Å²) in [5, 5.41) is 0.720. The average Bonchev–Trinajstić information content (AvgIpc) is 3.04. The third-order valence-electron chi connectivity index (χ3n) is 4.64. The van der Waals surface area contributed by atoms with Crippen LogP contribution in [0.2, 0.25) is 0 Å². The Bertz CT molecular complexity index is 1140. The molecule has 4 aromatic rings. The van der Waals surface area contributed by atoms with Gasteiger partial charge in [0.15, 0.2) is 5.76 Å². The molecule has 5 nitrogen and oxygen atoms in total. The second-order valence-electron chi connectivity index (χ2n) is 6.30. The number of nitrogens with zero attached hydrogens (tertiary/aromatic N) is 1. The Balaban J connectivity index is 1.77. The maximum absolute atomic E-state index is 12.9. The number of ketones is 1. The number of furan rings is 1. The van der Waals surface area contributed by atoms with Crippen molar-refractivity contribution in [3.63, 3.8) is 0 Å². The monoisotopic (exact) mass is 358 g/mol. The first-order valence-electron chi connectivity index (χ1n) is 8.50. The molecular weight excluding hydrogens is 340 g/mol. The molecule has 0 amide bonds. The van der Waals surface area contributed by atoms with E-state index >= 15 is 0 Å². The van der Waals surface area contributed by atoms with Crippen molar-refractivity contribution in [3.8, 4) is 16.9 Å². The highest BCUT2D eigenvalue weighted by Crippen LogP contribution is 2.34. The van der Waals surface area contributed by atoms with Gasteiger partial charge in [0.25, 0.3) is 0 Å². The molecule has 0 atom stereocenters. The molecule has 0 aliphatic carbocycles. The Labute approximate surface area is 156 Å². The minimum atomic E-state index is -0.264. The molecular formula is C22H18N2O3. The second kappa shape index (κ2) is 6.61. The van der Waals surface area contributed by atoms with Crippen LogP contribution in [0, 0.1) is 6.92 Å². The molecule has 0 unspecified atom stereocenters. The lowest BCUT2D eigenvalue weighted by Gasteiger charge is -2.03. The molecule has 0 aliphatic rings. The first-order valence-corrected chi connectivity index (χ1v) is 8.50. The molecule has 0 bridgehead atoms. The lowest BCUT2D eigenvalue weighted by molar-refractivity contribution is 0.101. The van der Waals surface area contributed by atoms with E-state index in [4.69, 9.17) is 14.9 Å². The van der Waals surface area contributed by atoms with Crippen molar-refractivity contribution in [2.45, 2.75) is 6.92 Å². The normalized spacial score (nSPS) is 10.9. The summed E-state index contributed by atoms with van der Waals surface area (Å²) in [6, 6.07) is 15.2. The molecule has 2 N–H and O–H groups in total. The predicted octanol–water partition coefficient (Wildman–Crippen LogP) is 4.63. The summed E-state index contributed by atoms with van der Waals surface area (Å²) >= 11 is 0. The molecule has 0 saturated carbocycles. The third kappa shape index (κ3) is 2.93. The van der Waals surface area contributed by atoms with Crippen LogP contribution in [-0.4, -0.2) is 17.9 Å². The van der Waals surface area contributed by atoms with Crippen LogP contribution < -0.4 is 10.5 Å². The third-order valence-corrected chi connectivity index (χ3v) is 4.64. The number of carbonyl (C=O) groups excluding carboxylic acids is 1. The number of aromatic nitrogens is 1. The number of fused-ring (bicyclic) bond motifs is 1. The van der Waals surface area contributed by atoms with Crippen LogP contribution in [0.1, 0.15) is 21.7 Å². The molecule has 0 radical (unpaired) electrons. The fourth-order valence-corrected chi connectivity index (χ4v) is 3.07. The summed E-state index contributed by atoms with van der Waals surface area (Å²) in [4.78, 5) is 16.9. The van der Waals surface area contributed by atoms with Gasteiger partial charge in [-0.3, -0.25) is 9.78 Å². The maximum atomic E-state index is 12.9. The fraction of sp³-hybridized carbons (Fsp3) is 0.0909. The summed E-state index contributed by atoms with van der Waals surface area (Å²) < 4.78 is 11.0. The highest BCUT2D eigenvalue weighted by atomic mass is 16.5. The first-order chi connectivity index (χ1) is 13.1. The number of nitrogens with two attached hydrogens (primary N) is 1. The van der Waals surface area contributed by atoms with E-state index in [2.05, 4.69) is 4.98 Å². The largest absolute Gasteiger partial charge is 0.497 e. The summed E-state index contributed by atoms with van der Waals surface area (Å²) in [5.41, 5.74) is 10.4. The van der Waals surface area contributed by atoms with Crippen molar-refractivity contribution in [1.82, 2.24) is 4.98 Å². The van der Waals surface area contributed by atoms with E-state index in [1.165, 1.54) is 6.20 Å². The van der Waals surface area contributed by atoms with Gasteiger partial charge in [-0.05, 0) is 53.9 Å². The van der Waals surface area contributed by atoms with E-state index in [9.17, 15) is 4.79 Å². The van der Waals surface area contributed by atoms with Crippen LogP contribution in [-0.2, 0) is 0 Å². The minimum absolute atomic E-state index is 0.146. The number of methoxy groups -OCH3 is 1. The Morgan fingerprint density at radius 3 is 2.52 bits per heavy atom. The molecule has 4 rings (SSSR count). The highest BCUT2D eigenvalue weighted by Gasteiger charge is 2.21. The van der Waals surface area contributed by atoms with E-state index in [0.717, 1.165) is 27.8 Å². The van der Waals surface area contributed by atoms with Crippen molar-refractivity contribution in [2.24, 2.45) is 0 Å². The topological polar surface area (TPSA) is 78.4 Å². The zero-order valence-corrected chi connectivity index (χ0v) is 15.0. The number of pyridine rings is 1. The molecule has 0 spiro atoms. The Hall–Kier alpha value is -3.60. The molecule has 2 heterocycles. The highest BCUT2D eigenvalue weighted by molar-refractivity contribution is 6.15. The van der Waals surface area contributed by atoms with Gasteiger partial charge in [0.2, 0.25) is 5.78 Å². The van der Waals surface area contributed by atoms with Crippen LogP contribution in [0.3, 0.4) is 0 Å². The van der Waals surface area contributed by atoms with E-state index in [1.807, 2.05) is 49.4 Å². The molecule has 5 heteroatoms. The van der Waals surface area contributed by atoms with E-state index < -0.39 is 0 Å². The van der Waals surface area contributed by atoms with Crippen LogP contribution in [0.5, 0.6) is 5.75 Å². The SMILES string of the molecule is COc1ccc(-c2ccc3c(N)c(C(=O)c4cnccc4C)oc3c2)cc1. The number of nitrogen functional groups attached to an aromatic ring is 1. The van der Waals surface area contributed by atoms with Crippen LogP contribution in [0.25, 0.3) is 22.1 Å². The fourth-order valence-electron chi connectivity index (χ4n) is 3.07. The van der Waals surface area contributed by atoms with Crippen molar-refractivity contribution >= 4 is 22.4 Å². The Morgan fingerprint density at radius 2 is 1.81 bits per heavy atom. The Morgan fingerprint density at radius 1 is 1.07 bits per heavy atom. The molecule has 0 fully saturated rings. The number of aryl methyl sites for hydroxylation is 1. The quantitative estimate of drug-likeness (QED) is 0.538. The summed E-state index contributed by atoms with van der Waals surface area (Å²) in [6.45, 7) is 1.86. The van der Waals surface area contributed by atoms with Crippen molar-refractivity contribution in [1.29, 1.82) is 0 Å². The van der Waals surface area contributed by atoms with Gasteiger partial charge in [0.05, 0.1) is 12.8 Å². The van der Waals surface area contributed by atoms with Gasteiger partial charge in [-0.1, -0.05) is 18.2 Å². The van der Waals surface area contributed by atoms with Crippen LogP contribution >= 0.6 is 0 Å². The number of rotatable bonds is 4. The number of ether oxygens (including phenoxy) is 1. The second-order valence-corrected chi connectivity index (χ2v) is 6.30. The van der Waals surface area contributed by atoms with Crippen molar-refractivity contribution < 1.29 is 13.9 Å². The number of benzene rings is 2. The van der Waals surface area contributed by atoms with Crippen molar-refractivity contribution in [3.05, 3.63) is 77.8 Å². The van der Waals surface area contributed by atoms with E-state index in [0.29, 0.717) is 16.8 Å². The maximum Gasteiger partial charge on any atom is 0.232 e. The lowest BCUT2D eigenvalue weighted by Crippen LogP contribution is -2.05. The summed E-state index contributed by atoms with van der Waals surface area (Å²) in [5.74, 6) is 0.676. The Kier molecular flexibility index (Phi) is 4.12. The number of carbonyl (C=O) groups is 1. The zero-order valence-electron chi connectivity index (χ0n) is 15.0. The van der Waals surface area contributed by atoms with Gasteiger partial charge >= 0.3 is 0 Å². The van der Waals surface area contributed by atoms with E-state index in [-0.39, 0.29) is 11.5 Å².